The number of hydrogen-bond acceptors (Lipinski definition) is 3. The van der Waals surface area contributed by atoms with E-state index in [-0.39, 0.29) is 5.91 Å². The van der Waals surface area contributed by atoms with E-state index in [1.807, 2.05) is 11.4 Å². The van der Waals surface area contributed by atoms with E-state index in [9.17, 15) is 4.79 Å². The van der Waals surface area contributed by atoms with E-state index in [1.165, 1.54) is 0 Å². The number of halogens is 1. The number of rotatable bonds is 7. The van der Waals surface area contributed by atoms with Crippen LogP contribution in [0.1, 0.15) is 30.6 Å². The molecule has 0 saturated carbocycles. The minimum atomic E-state index is 0.00743. The van der Waals surface area contributed by atoms with Gasteiger partial charge in [0, 0.05) is 25.1 Å². The molecule has 0 unspecified atom stereocenters. The summed E-state index contributed by atoms with van der Waals surface area (Å²) in [5, 5.41) is 4.77. The molecule has 0 spiro atoms. The molecule has 1 rings (SSSR count). The number of amides is 1. The molecule has 0 atom stereocenters. The molecule has 0 bridgehead atoms. The van der Waals surface area contributed by atoms with Crippen molar-refractivity contribution in [2.24, 2.45) is 5.92 Å². The lowest BCUT2D eigenvalue weighted by atomic mass is 10.2. The molecule has 0 aliphatic rings. The third-order valence-corrected chi connectivity index (χ3v) is 3.82. The van der Waals surface area contributed by atoms with Gasteiger partial charge in [-0.2, -0.15) is 0 Å². The van der Waals surface area contributed by atoms with E-state index in [0.29, 0.717) is 19.1 Å². The van der Waals surface area contributed by atoms with E-state index in [2.05, 4.69) is 41.8 Å². The van der Waals surface area contributed by atoms with Gasteiger partial charge in [0.05, 0.1) is 8.45 Å². The maximum Gasteiger partial charge on any atom is 0.252 e. The molecule has 5 heteroatoms. The molecule has 1 amide bonds. The number of carbonyl (C=O) groups is 1. The second-order valence-corrected chi connectivity index (χ2v) is 7.02. The second kappa shape index (κ2) is 8.05. The standard InChI is InChI=1S/C12H18INO2S/c1-9(2)7-16-5-3-4-14-12(15)10-6-11(13)17-8-10/h6,8-9H,3-5,7H2,1-2H3,(H,14,15). The zero-order valence-electron chi connectivity index (χ0n) is 10.2. The summed E-state index contributed by atoms with van der Waals surface area (Å²) in [4.78, 5) is 11.7. The molecule has 96 valence electrons. The smallest absolute Gasteiger partial charge is 0.252 e. The molecule has 1 aromatic heterocycles. The zero-order valence-corrected chi connectivity index (χ0v) is 13.1. The van der Waals surface area contributed by atoms with Crippen LogP contribution in [0.15, 0.2) is 11.4 Å². The van der Waals surface area contributed by atoms with Crippen molar-refractivity contribution in [3.8, 4) is 0 Å². The van der Waals surface area contributed by atoms with Gasteiger partial charge in [-0.15, -0.1) is 11.3 Å². The first kappa shape index (κ1) is 14.9. The molecule has 0 fully saturated rings. The molecule has 17 heavy (non-hydrogen) atoms. The lowest BCUT2D eigenvalue weighted by Crippen LogP contribution is -2.25. The van der Waals surface area contributed by atoms with Crippen LogP contribution in [0.5, 0.6) is 0 Å². The molecule has 0 aliphatic carbocycles. The lowest BCUT2D eigenvalue weighted by molar-refractivity contribution is 0.0925. The van der Waals surface area contributed by atoms with Gasteiger partial charge in [-0.1, -0.05) is 13.8 Å². The van der Waals surface area contributed by atoms with E-state index in [4.69, 9.17) is 4.74 Å². The van der Waals surface area contributed by atoms with Crippen molar-refractivity contribution in [1.82, 2.24) is 5.32 Å². The molecule has 0 radical (unpaired) electrons. The topological polar surface area (TPSA) is 38.3 Å². The summed E-state index contributed by atoms with van der Waals surface area (Å²) in [7, 11) is 0. The maximum atomic E-state index is 11.7. The second-order valence-electron chi connectivity index (χ2n) is 4.22. The third-order valence-electron chi connectivity index (χ3n) is 2.03. The average Bonchev–Trinajstić information content (AvgIpc) is 2.69. The molecular weight excluding hydrogens is 349 g/mol. The highest BCUT2D eigenvalue weighted by Gasteiger charge is 2.06. The summed E-state index contributed by atoms with van der Waals surface area (Å²) in [5.41, 5.74) is 0.752. The number of hydrogen-bond donors (Lipinski definition) is 1. The summed E-state index contributed by atoms with van der Waals surface area (Å²) in [6.07, 6.45) is 0.861. The predicted molar refractivity (Wildman–Crippen MR) is 79.6 cm³/mol. The summed E-state index contributed by atoms with van der Waals surface area (Å²) < 4.78 is 6.57. The van der Waals surface area contributed by atoms with Crippen molar-refractivity contribution < 1.29 is 9.53 Å². The molecule has 0 aliphatic heterocycles. The number of nitrogens with one attached hydrogen (secondary N) is 1. The monoisotopic (exact) mass is 367 g/mol. The molecule has 3 nitrogen and oxygen atoms in total. The number of carbonyl (C=O) groups excluding carboxylic acids is 1. The third kappa shape index (κ3) is 6.38. The Morgan fingerprint density at radius 3 is 2.94 bits per heavy atom. The summed E-state index contributed by atoms with van der Waals surface area (Å²) >= 11 is 3.80. The minimum absolute atomic E-state index is 0.00743. The van der Waals surface area contributed by atoms with Crippen molar-refractivity contribution in [1.29, 1.82) is 0 Å². The largest absolute Gasteiger partial charge is 0.381 e. The molecule has 1 N–H and O–H groups in total. The van der Waals surface area contributed by atoms with Gasteiger partial charge in [-0.05, 0) is 41.0 Å². The summed E-state index contributed by atoms with van der Waals surface area (Å²) in [6, 6.07) is 1.90. The minimum Gasteiger partial charge on any atom is -0.381 e. The lowest BCUT2D eigenvalue weighted by Gasteiger charge is -2.07. The normalized spacial score (nSPS) is 10.8. The van der Waals surface area contributed by atoms with Gasteiger partial charge in [-0.25, -0.2) is 0 Å². The summed E-state index contributed by atoms with van der Waals surface area (Å²) in [5.74, 6) is 0.575. The molecular formula is C12H18INO2S. The molecule has 1 aromatic rings. The first-order valence-corrected chi connectivity index (χ1v) is 7.65. The van der Waals surface area contributed by atoms with Gasteiger partial charge in [0.1, 0.15) is 0 Å². The Bertz CT molecular complexity index is 352. The van der Waals surface area contributed by atoms with E-state index in [1.54, 1.807) is 11.3 Å². The fourth-order valence-electron chi connectivity index (χ4n) is 1.23. The van der Waals surface area contributed by atoms with Crippen LogP contribution in [0.4, 0.5) is 0 Å². The van der Waals surface area contributed by atoms with Crippen LogP contribution in [0.25, 0.3) is 0 Å². The Kier molecular flexibility index (Phi) is 7.06. The number of thiophene rings is 1. The van der Waals surface area contributed by atoms with Crippen molar-refractivity contribution in [3.05, 3.63) is 19.9 Å². The average molecular weight is 367 g/mol. The van der Waals surface area contributed by atoms with Gasteiger partial charge in [-0.3, -0.25) is 4.79 Å². The van der Waals surface area contributed by atoms with Crippen LogP contribution in [-0.2, 0) is 4.74 Å². The Morgan fingerprint density at radius 1 is 1.59 bits per heavy atom. The van der Waals surface area contributed by atoms with Gasteiger partial charge < -0.3 is 10.1 Å². The Balaban J connectivity index is 2.09. The fourth-order valence-corrected chi connectivity index (χ4v) is 2.55. The first-order valence-electron chi connectivity index (χ1n) is 5.69. The zero-order chi connectivity index (χ0) is 12.7. The first-order chi connectivity index (χ1) is 8.09. The van der Waals surface area contributed by atoms with Crippen molar-refractivity contribution in [2.75, 3.05) is 19.8 Å². The van der Waals surface area contributed by atoms with Gasteiger partial charge in [0.15, 0.2) is 0 Å². The quantitative estimate of drug-likeness (QED) is 0.594. The highest BCUT2D eigenvalue weighted by molar-refractivity contribution is 14.1. The number of ether oxygens (including phenoxy) is 1. The molecule has 0 aromatic carbocycles. The van der Waals surface area contributed by atoms with Crippen molar-refractivity contribution >= 4 is 39.8 Å². The molecule has 1 heterocycles. The SMILES string of the molecule is CC(C)COCCCNC(=O)c1csc(I)c1. The van der Waals surface area contributed by atoms with E-state index >= 15 is 0 Å². The van der Waals surface area contributed by atoms with Crippen LogP contribution < -0.4 is 5.32 Å². The summed E-state index contributed by atoms with van der Waals surface area (Å²) in [6.45, 7) is 6.42. The van der Waals surface area contributed by atoms with Crippen LogP contribution in [-0.4, -0.2) is 25.7 Å². The van der Waals surface area contributed by atoms with Crippen LogP contribution in [0.3, 0.4) is 0 Å². The van der Waals surface area contributed by atoms with Crippen LogP contribution in [0, 0.1) is 8.80 Å². The van der Waals surface area contributed by atoms with Crippen molar-refractivity contribution in [3.63, 3.8) is 0 Å². The Hall–Kier alpha value is -0.140. The maximum absolute atomic E-state index is 11.7. The Morgan fingerprint density at radius 2 is 2.35 bits per heavy atom. The van der Waals surface area contributed by atoms with E-state index in [0.717, 1.165) is 21.5 Å². The fraction of sp³-hybridized carbons (Fsp3) is 0.583. The van der Waals surface area contributed by atoms with E-state index < -0.39 is 0 Å². The highest BCUT2D eigenvalue weighted by atomic mass is 127. The van der Waals surface area contributed by atoms with Crippen molar-refractivity contribution in [2.45, 2.75) is 20.3 Å². The highest BCUT2D eigenvalue weighted by Crippen LogP contribution is 2.16. The van der Waals surface area contributed by atoms with Gasteiger partial charge >= 0.3 is 0 Å². The predicted octanol–water partition coefficient (Wildman–Crippen LogP) is 3.15. The van der Waals surface area contributed by atoms with Gasteiger partial charge in [0.25, 0.3) is 5.91 Å². The Labute approximate surface area is 120 Å². The van der Waals surface area contributed by atoms with Gasteiger partial charge in [0.2, 0.25) is 0 Å². The molecule has 0 saturated heterocycles. The van der Waals surface area contributed by atoms with Crippen LogP contribution in [0.2, 0.25) is 0 Å². The van der Waals surface area contributed by atoms with Crippen LogP contribution >= 0.6 is 33.9 Å².